The highest BCUT2D eigenvalue weighted by Gasteiger charge is 2.22. The first-order chi connectivity index (χ1) is 41.6. The molecule has 9 nitrogen and oxygen atoms in total. The van der Waals surface area contributed by atoms with E-state index < -0.39 is 30.3 Å². The zero-order valence-corrected chi connectivity index (χ0v) is 53.9. The zero-order chi connectivity index (χ0) is 61.9. The van der Waals surface area contributed by atoms with Crippen LogP contribution in [-0.2, 0) is 33.3 Å². The summed E-state index contributed by atoms with van der Waals surface area (Å²) in [6.45, 7) is 4.44. The number of esters is 2. The summed E-state index contributed by atoms with van der Waals surface area (Å²) in [5.41, 5.74) is 0. The van der Waals surface area contributed by atoms with Crippen LogP contribution in [0, 0.1) is 0 Å². The lowest BCUT2D eigenvalue weighted by Crippen LogP contribution is -2.44. The topological polar surface area (TPSA) is 111 Å². The van der Waals surface area contributed by atoms with Gasteiger partial charge in [0.2, 0.25) is 0 Å². The maximum atomic E-state index is 12.9. The van der Waals surface area contributed by atoms with Crippen molar-refractivity contribution in [3.8, 4) is 0 Å². The zero-order valence-electron chi connectivity index (χ0n) is 53.9. The van der Waals surface area contributed by atoms with E-state index in [0.717, 1.165) is 167 Å². The molecule has 9 heteroatoms. The predicted octanol–water partition coefficient (Wildman–Crippen LogP) is 18.9. The standard InChI is InChI=1S/C76H117NO8/c1-6-8-10-12-14-16-18-20-22-24-26-28-29-30-31-32-33-34-35-36-37-38-39-40-41-42-43-44-45-47-49-51-53-55-57-59-61-63-65-67-74(79)85-72(71-84-76(75(80)81)82-69-68-77(3,4)5)70-83-73(78)66-64-62-60-58-56-54-52-50-48-46-27-25-23-21-19-17-15-13-11-9-7-2/h8-11,14-17,20-23,26-28,30-31,33-34,36-37,39-40,42-43,45-47,50-53,72,76H,6-7,12-13,18-19,24-25,29,32,35,38,41,44,48-49,54-71H2,1-5H3/b10-8-,11-9-,16-14-,17-15-,22-20-,23-21-,28-26-,31-30-,34-33-,37-36-,40-39-,43-42-,46-27-,47-45-,52-50-,53-51-. The summed E-state index contributed by atoms with van der Waals surface area (Å²) in [5.74, 6) is -2.36. The number of hydrogen-bond donors (Lipinski definition) is 0. The van der Waals surface area contributed by atoms with Gasteiger partial charge in [-0.3, -0.25) is 9.59 Å². The quantitative estimate of drug-likeness (QED) is 0.0195. The van der Waals surface area contributed by atoms with Crippen molar-refractivity contribution in [3.63, 3.8) is 0 Å². The Balaban J connectivity index is 4.30. The molecule has 0 saturated heterocycles. The molecule has 474 valence electrons. The molecule has 0 amide bonds. The minimum Gasteiger partial charge on any atom is -0.545 e. The maximum Gasteiger partial charge on any atom is 0.306 e. The molecule has 2 unspecified atom stereocenters. The van der Waals surface area contributed by atoms with Gasteiger partial charge in [0.1, 0.15) is 13.2 Å². The summed E-state index contributed by atoms with van der Waals surface area (Å²) in [5, 5.41) is 11.8. The Morgan fingerprint density at radius 2 is 0.635 bits per heavy atom. The number of quaternary nitrogens is 1. The number of carboxylic acid groups (broad SMARTS) is 1. The van der Waals surface area contributed by atoms with Gasteiger partial charge in [-0.15, -0.1) is 0 Å². The summed E-state index contributed by atoms with van der Waals surface area (Å²) in [7, 11) is 5.89. The number of hydrogen-bond acceptors (Lipinski definition) is 8. The van der Waals surface area contributed by atoms with Crippen LogP contribution < -0.4 is 5.11 Å². The molecular formula is C76H117NO8. The third kappa shape index (κ3) is 65.5. The third-order valence-electron chi connectivity index (χ3n) is 12.8. The van der Waals surface area contributed by atoms with Gasteiger partial charge < -0.3 is 33.3 Å². The van der Waals surface area contributed by atoms with E-state index in [2.05, 4.69) is 208 Å². The van der Waals surface area contributed by atoms with E-state index in [9.17, 15) is 19.5 Å². The van der Waals surface area contributed by atoms with Gasteiger partial charge in [-0.2, -0.15) is 0 Å². The molecule has 0 aliphatic heterocycles. The van der Waals surface area contributed by atoms with Gasteiger partial charge in [0.05, 0.1) is 40.3 Å². The number of carbonyl (C=O) groups excluding carboxylic acids is 3. The summed E-state index contributed by atoms with van der Waals surface area (Å²) in [4.78, 5) is 37.4. The molecule has 0 radical (unpaired) electrons. The van der Waals surface area contributed by atoms with Crippen molar-refractivity contribution in [2.75, 3.05) is 47.5 Å². The molecule has 0 aromatic heterocycles. The highest BCUT2D eigenvalue weighted by molar-refractivity contribution is 5.70. The molecule has 2 atom stereocenters. The number of ether oxygens (including phenoxy) is 4. The van der Waals surface area contributed by atoms with E-state index in [1.54, 1.807) is 0 Å². The first-order valence-corrected chi connectivity index (χ1v) is 32.6. The molecule has 0 rings (SSSR count). The number of unbranched alkanes of at least 4 members (excludes halogenated alkanes) is 10. The van der Waals surface area contributed by atoms with Crippen LogP contribution >= 0.6 is 0 Å². The molecule has 0 aromatic carbocycles. The highest BCUT2D eigenvalue weighted by Crippen LogP contribution is 2.13. The van der Waals surface area contributed by atoms with Crippen molar-refractivity contribution in [2.45, 2.75) is 219 Å². The van der Waals surface area contributed by atoms with E-state index in [1.165, 1.54) is 0 Å². The fourth-order valence-corrected chi connectivity index (χ4v) is 7.92. The van der Waals surface area contributed by atoms with Gasteiger partial charge in [-0.1, -0.05) is 247 Å². The number of aliphatic carboxylic acids is 1. The van der Waals surface area contributed by atoms with Crippen LogP contribution in [0.1, 0.15) is 206 Å². The maximum absolute atomic E-state index is 12.9. The van der Waals surface area contributed by atoms with Gasteiger partial charge in [0.15, 0.2) is 12.4 Å². The lowest BCUT2D eigenvalue weighted by molar-refractivity contribution is -0.870. The second kappa shape index (κ2) is 64.1. The summed E-state index contributed by atoms with van der Waals surface area (Å²) >= 11 is 0. The van der Waals surface area contributed by atoms with Crippen LogP contribution in [0.25, 0.3) is 0 Å². The Morgan fingerprint density at radius 1 is 0.353 bits per heavy atom. The molecule has 0 aliphatic carbocycles. The Labute approximate surface area is 519 Å². The SMILES string of the molecule is CC/C=C\C/C=C\C/C=C\C/C=C\C/C=C\C/C=C\C/C=C\C/C=C\C/C=C\C/C=C\C/C=C\CCCCCCCC(=O)OC(COC(=O)CCCCCCC/C=C\C/C=C\C/C=C\C/C=C\C/C=C\CC)COC(OCC[N+](C)(C)C)C(=O)[O-]. The van der Waals surface area contributed by atoms with E-state index >= 15 is 0 Å². The van der Waals surface area contributed by atoms with E-state index in [0.29, 0.717) is 23.9 Å². The largest absolute Gasteiger partial charge is 0.545 e. The Morgan fingerprint density at radius 3 is 0.941 bits per heavy atom. The van der Waals surface area contributed by atoms with Crippen LogP contribution in [0.3, 0.4) is 0 Å². The smallest absolute Gasteiger partial charge is 0.306 e. The highest BCUT2D eigenvalue weighted by atomic mass is 16.7. The van der Waals surface area contributed by atoms with Crippen molar-refractivity contribution < 1.29 is 42.9 Å². The molecule has 0 heterocycles. The minimum atomic E-state index is -1.65. The molecule has 0 fully saturated rings. The first-order valence-electron chi connectivity index (χ1n) is 32.6. The third-order valence-corrected chi connectivity index (χ3v) is 12.8. The monoisotopic (exact) mass is 1170 g/mol. The van der Waals surface area contributed by atoms with Crippen molar-refractivity contribution in [1.82, 2.24) is 0 Å². The molecule has 0 spiro atoms. The van der Waals surface area contributed by atoms with Gasteiger partial charge >= 0.3 is 11.9 Å². The van der Waals surface area contributed by atoms with Crippen molar-refractivity contribution in [1.29, 1.82) is 0 Å². The number of nitrogens with zero attached hydrogens (tertiary/aromatic N) is 1. The Bertz CT molecular complexity index is 2090. The number of allylic oxidation sites excluding steroid dienone is 32. The van der Waals surface area contributed by atoms with Gasteiger partial charge in [-0.25, -0.2) is 0 Å². The Kier molecular flexibility index (Phi) is 59.7. The number of carboxylic acids is 1. The second-order valence-electron chi connectivity index (χ2n) is 21.9. The molecule has 0 bridgehead atoms. The van der Waals surface area contributed by atoms with Gasteiger partial charge in [0.25, 0.3) is 0 Å². The molecule has 85 heavy (non-hydrogen) atoms. The molecular weight excluding hydrogens is 1050 g/mol. The van der Waals surface area contributed by atoms with E-state index in [4.69, 9.17) is 18.9 Å². The van der Waals surface area contributed by atoms with E-state index in [1.807, 2.05) is 21.1 Å². The summed E-state index contributed by atoms with van der Waals surface area (Å²) in [6.07, 6.45) is 96.3. The molecule has 0 aromatic rings. The van der Waals surface area contributed by atoms with Gasteiger partial charge in [0, 0.05) is 12.8 Å². The normalized spacial score (nSPS) is 14.0. The minimum absolute atomic E-state index is 0.128. The predicted molar refractivity (Wildman–Crippen MR) is 361 cm³/mol. The first kappa shape index (κ1) is 79.1. The van der Waals surface area contributed by atoms with E-state index in [-0.39, 0.29) is 32.7 Å². The fourth-order valence-electron chi connectivity index (χ4n) is 7.92. The number of likely N-dealkylation sites (N-methyl/N-ethyl adjacent to an activating group) is 1. The number of rotatable bonds is 57. The van der Waals surface area contributed by atoms with Gasteiger partial charge in [-0.05, 0) is 141 Å². The van der Waals surface area contributed by atoms with Crippen LogP contribution in [0.5, 0.6) is 0 Å². The average molecular weight is 1170 g/mol. The van der Waals surface area contributed by atoms with Crippen LogP contribution in [-0.4, -0.2) is 82.3 Å². The Hall–Kier alpha value is -5.87. The summed E-state index contributed by atoms with van der Waals surface area (Å²) < 4.78 is 22.7. The van der Waals surface area contributed by atoms with Crippen molar-refractivity contribution in [3.05, 3.63) is 194 Å². The van der Waals surface area contributed by atoms with Crippen LogP contribution in [0.15, 0.2) is 194 Å². The summed E-state index contributed by atoms with van der Waals surface area (Å²) in [6, 6.07) is 0. The molecule has 0 saturated carbocycles. The average Bonchev–Trinajstić information content (AvgIpc) is 3.49. The van der Waals surface area contributed by atoms with Crippen molar-refractivity contribution >= 4 is 17.9 Å². The lowest BCUT2D eigenvalue weighted by Gasteiger charge is -2.26. The van der Waals surface area contributed by atoms with Crippen molar-refractivity contribution in [2.24, 2.45) is 0 Å². The molecule has 0 N–H and O–H groups in total. The fraction of sp³-hybridized carbons (Fsp3) is 0.539. The van der Waals surface area contributed by atoms with Crippen LogP contribution in [0.4, 0.5) is 0 Å². The lowest BCUT2D eigenvalue weighted by atomic mass is 10.1. The molecule has 0 aliphatic rings. The number of carbonyl (C=O) groups is 3. The van der Waals surface area contributed by atoms with Crippen LogP contribution in [0.2, 0.25) is 0 Å². The second-order valence-corrected chi connectivity index (χ2v) is 21.9.